The van der Waals surface area contributed by atoms with Crippen molar-refractivity contribution in [2.75, 3.05) is 20.8 Å². The number of ether oxygens (including phenoxy) is 3. The van der Waals surface area contributed by atoms with Crippen molar-refractivity contribution in [1.29, 1.82) is 0 Å². The van der Waals surface area contributed by atoms with Crippen LogP contribution in [-0.2, 0) is 11.3 Å². The normalized spacial score (nSPS) is 11.6. The second-order valence-electron chi connectivity index (χ2n) is 8.31. The number of benzene rings is 1. The van der Waals surface area contributed by atoms with Crippen molar-refractivity contribution >= 4 is 28.6 Å². The van der Waals surface area contributed by atoms with Gasteiger partial charge in [-0.1, -0.05) is 13.0 Å². The highest BCUT2D eigenvalue weighted by Crippen LogP contribution is 2.23. The first-order valence-electron chi connectivity index (χ1n) is 11.9. The molecule has 0 fully saturated rings. The fraction of sp³-hybridized carbons (Fsp3) is 0.296. The van der Waals surface area contributed by atoms with Crippen LogP contribution in [0.25, 0.3) is 16.7 Å². The zero-order valence-electron chi connectivity index (χ0n) is 21.4. The van der Waals surface area contributed by atoms with E-state index in [1.165, 1.54) is 36.8 Å². The topological polar surface area (TPSA) is 113 Å². The van der Waals surface area contributed by atoms with Crippen molar-refractivity contribution in [1.82, 2.24) is 14.0 Å². The van der Waals surface area contributed by atoms with E-state index >= 15 is 0 Å². The Kier molecular flexibility index (Phi) is 7.37. The Morgan fingerprint density at radius 2 is 1.73 bits per heavy atom. The highest BCUT2D eigenvalue weighted by molar-refractivity contribution is 5.97. The summed E-state index contributed by atoms with van der Waals surface area (Å²) < 4.78 is 18.9. The Hall–Kier alpha value is -4.47. The molecule has 0 aliphatic carbocycles. The first-order chi connectivity index (χ1) is 17.8. The van der Waals surface area contributed by atoms with Crippen LogP contribution in [0.4, 0.5) is 0 Å². The van der Waals surface area contributed by atoms with Crippen LogP contribution in [0.2, 0.25) is 0 Å². The van der Waals surface area contributed by atoms with E-state index in [4.69, 9.17) is 19.2 Å². The van der Waals surface area contributed by atoms with Crippen molar-refractivity contribution < 1.29 is 23.8 Å². The fourth-order valence-electron chi connectivity index (χ4n) is 4.09. The van der Waals surface area contributed by atoms with Crippen LogP contribution < -0.4 is 20.5 Å². The minimum absolute atomic E-state index is 0.00230. The standard InChI is InChI=1S/C27H28N4O6/c1-6-10-30-23-20(26(33)31-11-8-9-16(3)22(31)28-23)15-21(27(34)37-7-2)24(30)29-25(32)17-12-18(35-4)14-19(13-17)36-5/h8-9,11-15H,6-7,10H2,1-5H3. The molecular weight excluding hydrogens is 476 g/mol. The average molecular weight is 505 g/mol. The van der Waals surface area contributed by atoms with Gasteiger partial charge in [0.25, 0.3) is 11.5 Å². The van der Waals surface area contributed by atoms with Crippen molar-refractivity contribution in [3.05, 3.63) is 75.1 Å². The molecule has 4 rings (SSSR count). The van der Waals surface area contributed by atoms with Crippen molar-refractivity contribution in [3.8, 4) is 11.5 Å². The Balaban J connectivity index is 2.11. The molecule has 1 aromatic carbocycles. The number of nitrogens with zero attached hydrogens (tertiary/aromatic N) is 4. The summed E-state index contributed by atoms with van der Waals surface area (Å²) in [4.78, 5) is 49.0. The highest BCUT2D eigenvalue weighted by atomic mass is 16.5. The number of esters is 1. The lowest BCUT2D eigenvalue weighted by Gasteiger charge is -2.15. The lowest BCUT2D eigenvalue weighted by molar-refractivity contribution is 0.0523. The van der Waals surface area contributed by atoms with Gasteiger partial charge in [-0.05, 0) is 50.1 Å². The Morgan fingerprint density at radius 3 is 2.35 bits per heavy atom. The number of methoxy groups -OCH3 is 2. The number of hydrogen-bond donors (Lipinski definition) is 0. The van der Waals surface area contributed by atoms with Crippen LogP contribution in [-0.4, -0.2) is 46.7 Å². The van der Waals surface area contributed by atoms with E-state index in [2.05, 4.69) is 4.99 Å². The maximum Gasteiger partial charge on any atom is 0.341 e. The third-order valence-corrected chi connectivity index (χ3v) is 5.85. The van der Waals surface area contributed by atoms with Gasteiger partial charge >= 0.3 is 5.97 Å². The summed E-state index contributed by atoms with van der Waals surface area (Å²) in [5, 5.41) is 0.217. The van der Waals surface area contributed by atoms with Crippen LogP contribution >= 0.6 is 0 Å². The summed E-state index contributed by atoms with van der Waals surface area (Å²) in [5.41, 5.74) is 1.53. The number of rotatable bonds is 7. The number of hydrogen-bond acceptors (Lipinski definition) is 7. The molecule has 10 nitrogen and oxygen atoms in total. The molecule has 37 heavy (non-hydrogen) atoms. The first kappa shape index (κ1) is 25.6. The van der Waals surface area contributed by atoms with Gasteiger partial charge in [0.1, 0.15) is 28.4 Å². The smallest absolute Gasteiger partial charge is 0.341 e. The molecule has 4 aromatic rings. The van der Waals surface area contributed by atoms with Gasteiger partial charge in [0.05, 0.1) is 26.2 Å². The van der Waals surface area contributed by atoms with Crippen molar-refractivity contribution in [3.63, 3.8) is 0 Å². The molecule has 0 N–H and O–H groups in total. The molecule has 0 aliphatic heterocycles. The molecule has 0 atom stereocenters. The van der Waals surface area contributed by atoms with Crippen molar-refractivity contribution in [2.24, 2.45) is 4.99 Å². The third kappa shape index (κ3) is 4.82. The van der Waals surface area contributed by atoms with Gasteiger partial charge in [-0.3, -0.25) is 14.0 Å². The summed E-state index contributed by atoms with van der Waals surface area (Å²) in [6.45, 7) is 5.94. The number of aryl methyl sites for hydroxylation is 2. The van der Waals surface area contributed by atoms with E-state index in [1.54, 1.807) is 29.8 Å². The first-order valence-corrected chi connectivity index (χ1v) is 11.9. The van der Waals surface area contributed by atoms with E-state index in [-0.39, 0.29) is 34.2 Å². The maximum absolute atomic E-state index is 13.5. The molecule has 0 aliphatic rings. The van der Waals surface area contributed by atoms with E-state index in [9.17, 15) is 14.4 Å². The molecule has 3 heterocycles. The Morgan fingerprint density at radius 1 is 1.03 bits per heavy atom. The van der Waals surface area contributed by atoms with E-state index in [1.807, 2.05) is 19.9 Å². The van der Waals surface area contributed by atoms with Gasteiger partial charge in [0, 0.05) is 24.4 Å². The third-order valence-electron chi connectivity index (χ3n) is 5.85. The molecule has 0 spiro atoms. The largest absolute Gasteiger partial charge is 0.497 e. The van der Waals surface area contributed by atoms with E-state index in [0.717, 1.165) is 5.56 Å². The Bertz CT molecular complexity index is 1630. The summed E-state index contributed by atoms with van der Waals surface area (Å²) >= 11 is 0. The highest BCUT2D eigenvalue weighted by Gasteiger charge is 2.21. The van der Waals surface area contributed by atoms with Gasteiger partial charge in [0.15, 0.2) is 5.49 Å². The average Bonchev–Trinajstić information content (AvgIpc) is 2.90. The number of aromatic nitrogens is 3. The number of fused-ring (bicyclic) bond motifs is 2. The molecule has 3 aromatic heterocycles. The fourth-order valence-corrected chi connectivity index (χ4v) is 4.09. The lowest BCUT2D eigenvalue weighted by atomic mass is 10.1. The Labute approximate surface area is 212 Å². The predicted octanol–water partition coefficient (Wildman–Crippen LogP) is 3.30. The summed E-state index contributed by atoms with van der Waals surface area (Å²) in [5.74, 6) is -0.487. The minimum atomic E-state index is -0.697. The molecule has 1 amide bonds. The van der Waals surface area contributed by atoms with Crippen LogP contribution in [0.1, 0.15) is 46.5 Å². The minimum Gasteiger partial charge on any atom is -0.497 e. The monoisotopic (exact) mass is 504 g/mol. The molecule has 0 saturated heterocycles. The van der Waals surface area contributed by atoms with E-state index in [0.29, 0.717) is 35.8 Å². The summed E-state index contributed by atoms with van der Waals surface area (Å²) in [6.07, 6.45) is 2.26. The zero-order chi connectivity index (χ0) is 26.7. The van der Waals surface area contributed by atoms with Gasteiger partial charge < -0.3 is 18.8 Å². The zero-order valence-corrected chi connectivity index (χ0v) is 21.4. The van der Waals surface area contributed by atoms with Gasteiger partial charge in [-0.2, -0.15) is 4.99 Å². The number of pyridine rings is 2. The van der Waals surface area contributed by atoms with Gasteiger partial charge in [-0.25, -0.2) is 9.78 Å². The van der Waals surface area contributed by atoms with Crippen molar-refractivity contribution in [2.45, 2.75) is 33.7 Å². The predicted molar refractivity (Wildman–Crippen MR) is 137 cm³/mol. The van der Waals surface area contributed by atoms with Crippen LogP contribution in [0.3, 0.4) is 0 Å². The number of carbonyl (C=O) groups is 2. The lowest BCUT2D eigenvalue weighted by Crippen LogP contribution is -2.33. The molecule has 0 bridgehead atoms. The summed E-state index contributed by atoms with van der Waals surface area (Å²) in [6, 6.07) is 9.72. The number of carbonyl (C=O) groups excluding carboxylic acids is 2. The van der Waals surface area contributed by atoms with E-state index < -0.39 is 11.9 Å². The second-order valence-corrected chi connectivity index (χ2v) is 8.31. The molecule has 192 valence electrons. The maximum atomic E-state index is 13.5. The number of amides is 1. The molecular formula is C27H28N4O6. The molecule has 0 radical (unpaired) electrons. The quantitative estimate of drug-likeness (QED) is 0.280. The van der Waals surface area contributed by atoms with Crippen LogP contribution in [0.15, 0.2) is 52.4 Å². The SMILES string of the molecule is CCCn1c(=NC(=O)c2cc(OC)cc(OC)c2)c(C(=O)OCC)cc2c(=O)n3cccc(C)c3nc21. The summed E-state index contributed by atoms with van der Waals surface area (Å²) in [7, 11) is 2.96. The van der Waals surface area contributed by atoms with Crippen LogP contribution in [0.5, 0.6) is 11.5 Å². The second kappa shape index (κ2) is 10.7. The molecule has 0 unspecified atom stereocenters. The van der Waals surface area contributed by atoms with Crippen LogP contribution in [0, 0.1) is 6.92 Å². The molecule has 10 heteroatoms. The van der Waals surface area contributed by atoms with Gasteiger partial charge in [-0.15, -0.1) is 0 Å². The van der Waals surface area contributed by atoms with Gasteiger partial charge in [0.2, 0.25) is 0 Å². The molecule has 0 saturated carbocycles.